The third-order valence-corrected chi connectivity index (χ3v) is 10.2. The van der Waals surface area contributed by atoms with Crippen molar-refractivity contribution in [1.82, 2.24) is 4.57 Å². The molecule has 1 amide bonds. The maximum Gasteiger partial charge on any atom is 0.338 e. The molecule has 242 valence electrons. The summed E-state index contributed by atoms with van der Waals surface area (Å²) in [6.07, 6.45) is 1.20. The molecule has 2 aliphatic heterocycles. The van der Waals surface area contributed by atoms with Crippen LogP contribution in [0.3, 0.4) is 0 Å². The van der Waals surface area contributed by atoms with Crippen molar-refractivity contribution in [2.75, 3.05) is 18.6 Å². The van der Waals surface area contributed by atoms with E-state index >= 15 is 0 Å². The number of hydrogen-bond acceptors (Lipinski definition) is 7. The molecule has 0 N–H and O–H groups in total. The molecule has 0 saturated heterocycles. The number of aromatic nitrogens is 1. The number of nitrogens with zero attached hydrogens (tertiary/aromatic N) is 3. The number of esters is 1. The van der Waals surface area contributed by atoms with E-state index in [0.717, 1.165) is 27.7 Å². The highest BCUT2D eigenvalue weighted by atomic mass is 35.5. The molecule has 0 aliphatic carbocycles. The topological polar surface area (TPSA) is 90.2 Å². The largest absolute Gasteiger partial charge is 0.496 e. The number of para-hydroxylation sites is 1. The van der Waals surface area contributed by atoms with E-state index in [1.54, 1.807) is 25.0 Å². The molecule has 0 unspecified atom stereocenters. The van der Waals surface area contributed by atoms with Crippen LogP contribution < -0.4 is 24.5 Å². The number of carbonyl (C=O) groups excluding carboxylic acids is 2. The lowest BCUT2D eigenvalue weighted by molar-refractivity contribution is -0.139. The van der Waals surface area contributed by atoms with Crippen LogP contribution in [0.2, 0.25) is 5.02 Å². The molecule has 0 saturated carbocycles. The number of carbonyl (C=O) groups is 2. The summed E-state index contributed by atoms with van der Waals surface area (Å²) in [7, 11) is 1.57. The number of fused-ring (bicyclic) bond motifs is 3. The molecule has 10 heteroatoms. The summed E-state index contributed by atoms with van der Waals surface area (Å²) in [5, 5.41) is 2.30. The van der Waals surface area contributed by atoms with Gasteiger partial charge in [0.2, 0.25) is 0 Å². The van der Waals surface area contributed by atoms with Gasteiger partial charge in [-0.2, -0.15) is 0 Å². The second-order valence-corrected chi connectivity index (χ2v) is 12.9. The van der Waals surface area contributed by atoms with Gasteiger partial charge in [0, 0.05) is 16.1 Å². The molecule has 0 bridgehead atoms. The SMILES string of the molecule is CCCC1=C(C(=O)OCC)[C@H](c2c(OC)ccc3ccccc23)n2c(s/c(=C3/C(=O)N(Cc4ccccc4Cl)c4ccccc43)c2=O)=N1. The summed E-state index contributed by atoms with van der Waals surface area (Å²) in [6.45, 7) is 4.15. The smallest absolute Gasteiger partial charge is 0.338 e. The first-order chi connectivity index (χ1) is 23.4. The molecular formula is C38H32ClN3O5S. The molecule has 48 heavy (non-hydrogen) atoms. The van der Waals surface area contributed by atoms with Crippen molar-refractivity contribution in [1.29, 1.82) is 0 Å². The number of rotatable bonds is 8. The zero-order valence-electron chi connectivity index (χ0n) is 26.7. The zero-order valence-corrected chi connectivity index (χ0v) is 28.2. The Labute approximate surface area is 285 Å². The van der Waals surface area contributed by atoms with Gasteiger partial charge in [0.25, 0.3) is 11.5 Å². The maximum atomic E-state index is 14.9. The van der Waals surface area contributed by atoms with Gasteiger partial charge in [0.05, 0.1) is 42.8 Å². The molecule has 0 spiro atoms. The Hall–Kier alpha value is -4.99. The van der Waals surface area contributed by atoms with Gasteiger partial charge in [0.15, 0.2) is 4.80 Å². The van der Waals surface area contributed by atoms with E-state index < -0.39 is 17.6 Å². The minimum atomic E-state index is -0.914. The van der Waals surface area contributed by atoms with E-state index in [0.29, 0.717) is 56.5 Å². The molecule has 7 rings (SSSR count). The van der Waals surface area contributed by atoms with E-state index in [2.05, 4.69) is 0 Å². The third kappa shape index (κ3) is 5.14. The van der Waals surface area contributed by atoms with Gasteiger partial charge in [0.1, 0.15) is 16.3 Å². The molecule has 1 atom stereocenters. The van der Waals surface area contributed by atoms with Crippen molar-refractivity contribution in [2.45, 2.75) is 39.3 Å². The highest BCUT2D eigenvalue weighted by molar-refractivity contribution is 7.07. The summed E-state index contributed by atoms with van der Waals surface area (Å²) >= 11 is 7.66. The molecule has 3 heterocycles. The van der Waals surface area contributed by atoms with Gasteiger partial charge in [-0.3, -0.25) is 14.2 Å². The fourth-order valence-electron chi connectivity index (χ4n) is 6.63. The van der Waals surface area contributed by atoms with Gasteiger partial charge in [-0.1, -0.05) is 103 Å². The van der Waals surface area contributed by atoms with E-state index in [-0.39, 0.29) is 29.2 Å². The monoisotopic (exact) mass is 677 g/mol. The summed E-state index contributed by atoms with van der Waals surface area (Å²) in [5.41, 5.74) is 3.49. The number of allylic oxidation sites excluding steroid dienone is 1. The average Bonchev–Trinajstić information content (AvgIpc) is 3.56. The van der Waals surface area contributed by atoms with Crippen LogP contribution in [-0.2, 0) is 20.9 Å². The average molecular weight is 678 g/mol. The molecule has 5 aromatic rings. The quantitative estimate of drug-likeness (QED) is 0.180. The van der Waals surface area contributed by atoms with Crippen molar-refractivity contribution >= 4 is 56.8 Å². The zero-order chi connectivity index (χ0) is 33.5. The van der Waals surface area contributed by atoms with Crippen LogP contribution in [-0.4, -0.2) is 30.2 Å². The van der Waals surface area contributed by atoms with E-state index in [1.807, 2.05) is 85.8 Å². The van der Waals surface area contributed by atoms with Crippen LogP contribution in [0.25, 0.3) is 16.3 Å². The first-order valence-corrected chi connectivity index (χ1v) is 17.0. The number of benzene rings is 4. The molecule has 0 radical (unpaired) electrons. The fraction of sp³-hybridized carbons (Fsp3) is 0.211. The van der Waals surface area contributed by atoms with Crippen molar-refractivity contribution in [3.63, 3.8) is 0 Å². The van der Waals surface area contributed by atoms with E-state index in [9.17, 15) is 14.4 Å². The lowest BCUT2D eigenvalue weighted by Gasteiger charge is -2.28. The Morgan fingerprint density at radius 2 is 1.71 bits per heavy atom. The first-order valence-electron chi connectivity index (χ1n) is 15.8. The van der Waals surface area contributed by atoms with E-state index in [4.69, 9.17) is 26.1 Å². The number of methoxy groups -OCH3 is 1. The maximum absolute atomic E-state index is 14.9. The lowest BCUT2D eigenvalue weighted by atomic mass is 9.90. The highest BCUT2D eigenvalue weighted by Gasteiger charge is 2.39. The normalized spacial score (nSPS) is 16.5. The second kappa shape index (κ2) is 12.9. The lowest BCUT2D eigenvalue weighted by Crippen LogP contribution is -2.41. The van der Waals surface area contributed by atoms with Crippen LogP contribution in [0.4, 0.5) is 5.69 Å². The number of hydrogen-bond donors (Lipinski definition) is 0. The van der Waals surface area contributed by atoms with Crippen molar-refractivity contribution in [3.05, 3.63) is 138 Å². The number of amides is 1. The summed E-state index contributed by atoms with van der Waals surface area (Å²) in [4.78, 5) is 50.1. The molecule has 2 aliphatic rings. The Kier molecular flexibility index (Phi) is 8.49. The minimum Gasteiger partial charge on any atom is -0.496 e. The van der Waals surface area contributed by atoms with Gasteiger partial charge in [-0.05, 0) is 47.9 Å². The Morgan fingerprint density at radius 3 is 2.48 bits per heavy atom. The number of ether oxygens (including phenoxy) is 2. The van der Waals surface area contributed by atoms with Gasteiger partial charge in [-0.15, -0.1) is 0 Å². The number of halogens is 1. The summed E-state index contributed by atoms with van der Waals surface area (Å²) < 4.78 is 13.3. The molecule has 8 nitrogen and oxygen atoms in total. The van der Waals surface area contributed by atoms with Crippen molar-refractivity contribution in [3.8, 4) is 5.75 Å². The number of thiazole rings is 1. The van der Waals surface area contributed by atoms with E-state index in [1.165, 1.54) is 4.57 Å². The summed E-state index contributed by atoms with van der Waals surface area (Å²) in [6, 6.07) is 25.5. The van der Waals surface area contributed by atoms with Crippen molar-refractivity contribution in [2.24, 2.45) is 4.99 Å². The van der Waals surface area contributed by atoms with Gasteiger partial charge in [-0.25, -0.2) is 9.79 Å². The predicted octanol–water partition coefficient (Wildman–Crippen LogP) is 6.31. The van der Waals surface area contributed by atoms with Crippen LogP contribution in [0.1, 0.15) is 49.4 Å². The highest BCUT2D eigenvalue weighted by Crippen LogP contribution is 2.42. The van der Waals surface area contributed by atoms with Crippen LogP contribution >= 0.6 is 22.9 Å². The Morgan fingerprint density at radius 1 is 0.958 bits per heavy atom. The molecule has 0 fully saturated rings. The van der Waals surface area contributed by atoms with Crippen molar-refractivity contribution < 1.29 is 19.1 Å². The Bertz CT molecular complexity index is 2340. The second-order valence-electron chi connectivity index (χ2n) is 11.5. The number of anilines is 1. The standard InChI is InChI=1S/C38H32ClN3O5S/c1-4-12-27-32(37(45)47-5-2)33(30-24-15-8-6-13-22(24)19-20-29(30)46-3)42-36(44)34(48-38(42)40-27)31-25-16-9-11-18-28(25)41(35(31)43)21-23-14-7-10-17-26(23)39/h6-11,13-20,33H,4-5,12,21H2,1-3H3/b34-31+/t33-/m0/s1. The van der Waals surface area contributed by atoms with Gasteiger partial charge >= 0.3 is 5.97 Å². The van der Waals surface area contributed by atoms with Crippen LogP contribution in [0.15, 0.2) is 106 Å². The van der Waals surface area contributed by atoms with Crippen LogP contribution in [0, 0.1) is 0 Å². The molecule has 1 aromatic heterocycles. The molecule has 4 aromatic carbocycles. The third-order valence-electron chi connectivity index (χ3n) is 8.73. The predicted molar refractivity (Wildman–Crippen MR) is 188 cm³/mol. The fourth-order valence-corrected chi connectivity index (χ4v) is 7.94. The Balaban J connectivity index is 1.53. The first kappa shape index (κ1) is 31.6. The summed E-state index contributed by atoms with van der Waals surface area (Å²) in [5.74, 6) is -0.334. The molecular weight excluding hydrogens is 646 g/mol. The van der Waals surface area contributed by atoms with Crippen LogP contribution in [0.5, 0.6) is 5.75 Å². The minimum absolute atomic E-state index is 0.155. The van der Waals surface area contributed by atoms with Gasteiger partial charge < -0.3 is 14.4 Å².